The van der Waals surface area contributed by atoms with Crippen molar-refractivity contribution >= 4 is 16.0 Å². The van der Waals surface area contributed by atoms with Crippen molar-refractivity contribution < 1.29 is 36.2 Å². The van der Waals surface area contributed by atoms with E-state index >= 15 is 0 Å². The van der Waals surface area contributed by atoms with Gasteiger partial charge in [-0.2, -0.15) is 22.6 Å². The van der Waals surface area contributed by atoms with Gasteiger partial charge in [-0.15, -0.1) is 0 Å². The zero-order valence-electron chi connectivity index (χ0n) is 19.6. The molecule has 4 heterocycles. The molecular formula is C23H24F3N5O5S. The molecule has 0 saturated carbocycles. The van der Waals surface area contributed by atoms with Crippen LogP contribution >= 0.6 is 0 Å². The molecule has 0 amide bonds. The van der Waals surface area contributed by atoms with Crippen LogP contribution in [-0.2, 0) is 35.0 Å². The molecule has 14 heteroatoms. The number of hydrogen-bond acceptors (Lipinski definition) is 7. The van der Waals surface area contributed by atoms with Gasteiger partial charge < -0.3 is 9.84 Å². The van der Waals surface area contributed by atoms with Crippen molar-refractivity contribution in [2.75, 3.05) is 13.1 Å². The molecule has 10 nitrogen and oxygen atoms in total. The van der Waals surface area contributed by atoms with Crippen molar-refractivity contribution in [3.8, 4) is 5.88 Å². The van der Waals surface area contributed by atoms with Gasteiger partial charge in [-0.1, -0.05) is 30.3 Å². The maximum atomic E-state index is 13.6. The Kier molecular flexibility index (Phi) is 7.52. The number of benzene rings is 1. The van der Waals surface area contributed by atoms with Crippen LogP contribution in [0.25, 0.3) is 0 Å². The Morgan fingerprint density at radius 3 is 2.43 bits per heavy atom. The summed E-state index contributed by atoms with van der Waals surface area (Å²) in [4.78, 5) is 15.5. The fourth-order valence-electron chi connectivity index (χ4n) is 4.24. The minimum absolute atomic E-state index is 0.133. The van der Waals surface area contributed by atoms with E-state index in [1.54, 1.807) is 27.3 Å². The molecular weight excluding hydrogens is 515 g/mol. The first-order chi connectivity index (χ1) is 17.4. The average molecular weight is 540 g/mol. The van der Waals surface area contributed by atoms with Gasteiger partial charge >= 0.3 is 12.1 Å². The van der Waals surface area contributed by atoms with Gasteiger partial charge in [0.1, 0.15) is 11.0 Å². The molecule has 1 fully saturated rings. The number of alkyl halides is 3. The smallest absolute Gasteiger partial charge is 0.475 e. The average Bonchev–Trinajstić information content (AvgIpc) is 3.41. The summed E-state index contributed by atoms with van der Waals surface area (Å²) in [6.45, 7) is 2.19. The van der Waals surface area contributed by atoms with Crippen molar-refractivity contribution in [1.29, 1.82) is 0 Å². The first-order valence-electron chi connectivity index (χ1n) is 11.1. The zero-order valence-corrected chi connectivity index (χ0v) is 20.4. The first kappa shape index (κ1) is 26.6. The molecule has 3 aromatic rings. The summed E-state index contributed by atoms with van der Waals surface area (Å²) in [5.74, 6) is -2.57. The van der Waals surface area contributed by atoms with E-state index in [1.807, 2.05) is 49.8 Å². The number of carboxylic acid groups (broad SMARTS) is 1. The van der Waals surface area contributed by atoms with Crippen LogP contribution in [0.15, 0.2) is 66.0 Å². The Morgan fingerprint density at radius 1 is 1.11 bits per heavy atom. The fraction of sp³-hybridized carbons (Fsp3) is 0.348. The summed E-state index contributed by atoms with van der Waals surface area (Å²) in [5, 5.41) is 11.4. The van der Waals surface area contributed by atoms with Crippen LogP contribution in [0.1, 0.15) is 11.1 Å². The number of aryl methyl sites for hydroxylation is 1. The summed E-state index contributed by atoms with van der Waals surface area (Å²) in [6, 6.07) is 12.6. The quantitative estimate of drug-likeness (QED) is 0.537. The molecule has 2 unspecified atom stereocenters. The van der Waals surface area contributed by atoms with Gasteiger partial charge in [0.25, 0.3) is 0 Å². The van der Waals surface area contributed by atoms with E-state index in [4.69, 9.17) is 14.6 Å². The molecule has 2 aliphatic rings. The number of pyridine rings is 1. The summed E-state index contributed by atoms with van der Waals surface area (Å²) < 4.78 is 68.5. The predicted octanol–water partition coefficient (Wildman–Crippen LogP) is 2.28. The highest BCUT2D eigenvalue weighted by atomic mass is 32.2. The summed E-state index contributed by atoms with van der Waals surface area (Å²) >= 11 is 0. The maximum absolute atomic E-state index is 13.6. The second-order valence-electron chi connectivity index (χ2n) is 8.59. The molecule has 5 rings (SSSR count). The van der Waals surface area contributed by atoms with Crippen LogP contribution in [-0.4, -0.2) is 74.9 Å². The topological polar surface area (TPSA) is 118 Å². The van der Waals surface area contributed by atoms with Gasteiger partial charge in [0.15, 0.2) is 0 Å². The molecule has 2 aromatic heterocycles. The van der Waals surface area contributed by atoms with E-state index in [1.165, 1.54) is 0 Å². The van der Waals surface area contributed by atoms with E-state index in [2.05, 4.69) is 15.0 Å². The van der Waals surface area contributed by atoms with Gasteiger partial charge in [-0.05, 0) is 17.7 Å². The molecule has 2 atom stereocenters. The first-order valence-corrected chi connectivity index (χ1v) is 12.6. The third-order valence-electron chi connectivity index (χ3n) is 5.86. The van der Waals surface area contributed by atoms with Gasteiger partial charge in [-0.3, -0.25) is 9.58 Å². The van der Waals surface area contributed by atoms with E-state index in [9.17, 15) is 21.6 Å². The highest BCUT2D eigenvalue weighted by molar-refractivity contribution is 7.89. The Morgan fingerprint density at radius 2 is 1.81 bits per heavy atom. The maximum Gasteiger partial charge on any atom is 0.490 e. The molecule has 198 valence electrons. The summed E-state index contributed by atoms with van der Waals surface area (Å²) in [6.07, 6.45) is 0.00388. The van der Waals surface area contributed by atoms with Crippen molar-refractivity contribution in [3.05, 3.63) is 72.2 Å². The predicted molar refractivity (Wildman–Crippen MR) is 124 cm³/mol. The number of sulfonamides is 1. The molecule has 37 heavy (non-hydrogen) atoms. The molecule has 1 N–H and O–H groups in total. The van der Waals surface area contributed by atoms with Crippen LogP contribution < -0.4 is 4.74 Å². The number of ether oxygens (including phenoxy) is 1. The van der Waals surface area contributed by atoms with E-state index in [0.29, 0.717) is 26.2 Å². The Labute approximate surface area is 210 Å². The number of hydrogen-bond donors (Lipinski definition) is 1. The Bertz CT molecular complexity index is 1350. The number of carbonyl (C=O) groups is 1. The van der Waals surface area contributed by atoms with Gasteiger partial charge in [-0.25, -0.2) is 18.2 Å². The SMILES string of the molecule is Cn1cc(CN2CC3Oc4ncccc4S(=O)(=O)N(Cc4ccccc4)C3C2)cn1.O=C(O)C(F)(F)F. The van der Waals surface area contributed by atoms with Crippen LogP contribution in [0.2, 0.25) is 0 Å². The van der Waals surface area contributed by atoms with E-state index < -0.39 is 22.2 Å². The highest BCUT2D eigenvalue weighted by Gasteiger charge is 2.47. The van der Waals surface area contributed by atoms with Crippen LogP contribution in [0, 0.1) is 0 Å². The lowest BCUT2D eigenvalue weighted by Crippen LogP contribution is -2.46. The Balaban J connectivity index is 0.000000405. The molecule has 1 saturated heterocycles. The van der Waals surface area contributed by atoms with Crippen LogP contribution in [0.3, 0.4) is 0 Å². The van der Waals surface area contributed by atoms with Crippen LogP contribution in [0.4, 0.5) is 13.2 Å². The molecule has 0 bridgehead atoms. The van der Waals surface area contributed by atoms with E-state index in [-0.39, 0.29) is 22.9 Å². The number of aliphatic carboxylic acids is 1. The number of rotatable bonds is 4. The number of halogens is 3. The second kappa shape index (κ2) is 10.5. The lowest BCUT2D eigenvalue weighted by atomic mass is 10.1. The van der Waals surface area contributed by atoms with Crippen molar-refractivity contribution in [2.45, 2.75) is 36.3 Å². The monoisotopic (exact) mass is 539 g/mol. The minimum atomic E-state index is -5.08. The molecule has 0 aliphatic carbocycles. The number of carboxylic acids is 1. The third-order valence-corrected chi connectivity index (χ3v) is 7.74. The molecule has 0 spiro atoms. The third kappa shape index (κ3) is 6.09. The summed E-state index contributed by atoms with van der Waals surface area (Å²) in [5.41, 5.74) is 2.03. The highest BCUT2D eigenvalue weighted by Crippen LogP contribution is 2.36. The lowest BCUT2D eigenvalue weighted by molar-refractivity contribution is -0.192. The van der Waals surface area contributed by atoms with Gasteiger partial charge in [0.2, 0.25) is 15.9 Å². The fourth-order valence-corrected chi connectivity index (χ4v) is 5.94. The van der Waals surface area contributed by atoms with Crippen LogP contribution in [0.5, 0.6) is 5.88 Å². The standard InChI is InChI=1S/C21H23N5O3S.C2HF3O2/c1-24-11-17(10-23-24)12-25-14-18-19(15-25)29-21-20(8-5-9-22-21)30(27,28)26(18)13-16-6-3-2-4-7-16;3-2(4,5)1(6)7/h2-11,18-19H,12-15H2,1H3;(H,6,7). The van der Waals surface area contributed by atoms with E-state index in [0.717, 1.165) is 11.1 Å². The largest absolute Gasteiger partial charge is 0.490 e. The van der Waals surface area contributed by atoms with Gasteiger partial charge in [0, 0.05) is 51.2 Å². The Hall–Kier alpha value is -3.49. The van der Waals surface area contributed by atoms with Crippen molar-refractivity contribution in [2.24, 2.45) is 7.05 Å². The zero-order chi connectivity index (χ0) is 26.8. The normalized spacial score (nSPS) is 21.1. The summed E-state index contributed by atoms with van der Waals surface area (Å²) in [7, 11) is -1.87. The number of fused-ring (bicyclic) bond motifs is 2. The molecule has 0 radical (unpaired) electrons. The number of nitrogens with zero attached hydrogens (tertiary/aromatic N) is 5. The molecule has 1 aromatic carbocycles. The van der Waals surface area contributed by atoms with Crippen molar-refractivity contribution in [3.63, 3.8) is 0 Å². The van der Waals surface area contributed by atoms with Crippen molar-refractivity contribution in [1.82, 2.24) is 24.0 Å². The second-order valence-corrected chi connectivity index (χ2v) is 10.4. The minimum Gasteiger partial charge on any atom is -0.475 e. The number of likely N-dealkylation sites (tertiary alicyclic amines) is 1. The number of aromatic nitrogens is 3. The lowest BCUT2D eigenvalue weighted by Gasteiger charge is -2.28. The van der Waals surface area contributed by atoms with Gasteiger partial charge in [0.05, 0.1) is 12.2 Å². The molecule has 2 aliphatic heterocycles.